The summed E-state index contributed by atoms with van der Waals surface area (Å²) in [5.41, 5.74) is 2.30. The molecule has 0 unspecified atom stereocenters. The topological polar surface area (TPSA) is 106 Å². The highest BCUT2D eigenvalue weighted by atomic mass is 16.5. The number of para-hydroxylation sites is 2. The van der Waals surface area contributed by atoms with Crippen molar-refractivity contribution in [3.05, 3.63) is 72.4 Å². The molecule has 9 nitrogen and oxygen atoms in total. The Bertz CT molecular complexity index is 1530. The Morgan fingerprint density at radius 3 is 2.41 bits per heavy atom. The monoisotopic (exact) mass is 524 g/mol. The van der Waals surface area contributed by atoms with E-state index in [4.69, 9.17) is 18.9 Å². The number of carbonyl (C=O) groups is 1. The van der Waals surface area contributed by atoms with Gasteiger partial charge in [0.15, 0.2) is 28.8 Å². The second kappa shape index (κ2) is 11.7. The van der Waals surface area contributed by atoms with E-state index in [0.717, 1.165) is 25.2 Å². The molecule has 0 bridgehead atoms. The number of likely N-dealkylation sites (tertiary alicyclic amines) is 1. The van der Waals surface area contributed by atoms with Gasteiger partial charge in [-0.05, 0) is 62.0 Å². The average Bonchev–Trinajstić information content (AvgIpc) is 2.94. The minimum atomic E-state index is -0.0526. The summed E-state index contributed by atoms with van der Waals surface area (Å²) in [5.74, 6) is 2.75. The number of rotatable bonds is 11. The Morgan fingerprint density at radius 2 is 1.74 bits per heavy atom. The third kappa shape index (κ3) is 5.87. The van der Waals surface area contributed by atoms with E-state index in [0.29, 0.717) is 57.4 Å². The Hall–Kier alpha value is -4.81. The Labute approximate surface area is 226 Å². The molecule has 1 saturated heterocycles. The number of nitrogens with one attached hydrogen (secondary N) is 1. The summed E-state index contributed by atoms with van der Waals surface area (Å²) in [6, 6.07) is 20.5. The number of anilines is 2. The largest absolute Gasteiger partial charge is 0.493 e. The van der Waals surface area contributed by atoms with Crippen molar-refractivity contribution in [3.8, 4) is 34.8 Å². The van der Waals surface area contributed by atoms with Gasteiger partial charge in [-0.15, -0.1) is 0 Å². The van der Waals surface area contributed by atoms with Crippen LogP contribution in [0.3, 0.4) is 0 Å². The first-order chi connectivity index (χ1) is 19.1. The fraction of sp³-hybridized carbons (Fsp3) is 0.233. The van der Waals surface area contributed by atoms with Crippen LogP contribution in [0.25, 0.3) is 10.9 Å². The lowest BCUT2D eigenvalue weighted by molar-refractivity contribution is -0.123. The summed E-state index contributed by atoms with van der Waals surface area (Å²) >= 11 is 0. The van der Waals surface area contributed by atoms with Gasteiger partial charge in [0, 0.05) is 23.3 Å². The van der Waals surface area contributed by atoms with Crippen molar-refractivity contribution in [2.24, 2.45) is 0 Å². The molecular weight excluding hydrogens is 496 g/mol. The lowest BCUT2D eigenvalue weighted by atomic mass is 10.1. The number of hydrogen-bond acceptors (Lipinski definition) is 9. The number of pyridine rings is 1. The van der Waals surface area contributed by atoms with Gasteiger partial charge in [0.1, 0.15) is 18.4 Å². The summed E-state index contributed by atoms with van der Waals surface area (Å²) in [7, 11) is 3.13. The molecule has 0 saturated carbocycles. The lowest BCUT2D eigenvalue weighted by Crippen LogP contribution is -2.41. The van der Waals surface area contributed by atoms with Gasteiger partial charge < -0.3 is 24.3 Å². The molecule has 0 spiro atoms. The fourth-order valence-corrected chi connectivity index (χ4v) is 4.27. The Kier molecular flexibility index (Phi) is 7.75. The van der Waals surface area contributed by atoms with Gasteiger partial charge in [0.05, 0.1) is 37.5 Å². The molecule has 2 heterocycles. The number of aromatic nitrogens is 1. The highest BCUT2D eigenvalue weighted by Crippen LogP contribution is 2.38. The number of methoxy groups -OCH3 is 2. The number of fused-ring (bicyclic) bond motifs is 1. The van der Waals surface area contributed by atoms with Crippen LogP contribution in [0.5, 0.6) is 28.7 Å². The van der Waals surface area contributed by atoms with E-state index < -0.39 is 0 Å². The van der Waals surface area contributed by atoms with Crippen molar-refractivity contribution < 1.29 is 23.7 Å². The molecule has 39 heavy (non-hydrogen) atoms. The summed E-state index contributed by atoms with van der Waals surface area (Å²) < 4.78 is 22.7. The normalized spacial score (nSPS) is 12.7. The predicted octanol–water partition coefficient (Wildman–Crippen LogP) is 5.31. The maximum atomic E-state index is 12.3. The first kappa shape index (κ1) is 25.8. The molecule has 9 heteroatoms. The van der Waals surface area contributed by atoms with Gasteiger partial charge in [0.2, 0.25) is 0 Å². The zero-order chi connectivity index (χ0) is 27.2. The van der Waals surface area contributed by atoms with Crippen molar-refractivity contribution in [2.75, 3.05) is 45.8 Å². The SMILES string of the molecule is COc1cc2c(Nc3ccc(Oc4ccccc4OC)cc3)c(C#N)cnc2cc1OCC(=O)CN1CCC1. The first-order valence-electron chi connectivity index (χ1n) is 12.5. The molecule has 4 aromatic rings. The molecule has 0 aliphatic carbocycles. The standard InChI is InChI=1S/C30H28N4O5/c1-36-26-6-3-4-7-27(26)39-23-10-8-21(9-11-23)33-30-20(16-31)17-32-25-15-29(28(37-2)14-24(25)30)38-19-22(35)18-34-12-5-13-34/h3-4,6-11,14-15,17H,5,12-13,18-19H2,1-2H3,(H,32,33). The molecule has 1 aliphatic heterocycles. The number of ether oxygens (including phenoxy) is 4. The summed E-state index contributed by atoms with van der Waals surface area (Å²) in [6.07, 6.45) is 2.63. The maximum Gasteiger partial charge on any atom is 0.184 e. The number of carbonyl (C=O) groups excluding carboxylic acids is 1. The molecule has 0 atom stereocenters. The number of nitriles is 1. The summed E-state index contributed by atoms with van der Waals surface area (Å²) in [4.78, 5) is 18.8. The average molecular weight is 525 g/mol. The van der Waals surface area contributed by atoms with Gasteiger partial charge >= 0.3 is 0 Å². The predicted molar refractivity (Wildman–Crippen MR) is 147 cm³/mol. The van der Waals surface area contributed by atoms with Crippen LogP contribution in [0.4, 0.5) is 11.4 Å². The smallest absolute Gasteiger partial charge is 0.184 e. The van der Waals surface area contributed by atoms with E-state index in [1.54, 1.807) is 19.2 Å². The highest BCUT2D eigenvalue weighted by Gasteiger charge is 2.19. The summed E-state index contributed by atoms with van der Waals surface area (Å²) in [5, 5.41) is 13.8. The first-order valence-corrected chi connectivity index (χ1v) is 12.5. The van der Waals surface area contributed by atoms with Gasteiger partial charge in [0.25, 0.3) is 0 Å². The molecule has 1 aliphatic rings. The number of hydrogen-bond donors (Lipinski definition) is 1. The van der Waals surface area contributed by atoms with Gasteiger partial charge in [-0.1, -0.05) is 12.1 Å². The van der Waals surface area contributed by atoms with Crippen LogP contribution in [0, 0.1) is 11.3 Å². The van der Waals surface area contributed by atoms with Crippen LogP contribution in [0.1, 0.15) is 12.0 Å². The van der Waals surface area contributed by atoms with Crippen molar-refractivity contribution in [1.82, 2.24) is 9.88 Å². The molecule has 198 valence electrons. The van der Waals surface area contributed by atoms with Crippen molar-refractivity contribution in [2.45, 2.75) is 6.42 Å². The second-order valence-electron chi connectivity index (χ2n) is 9.04. The van der Waals surface area contributed by atoms with Gasteiger partial charge in [-0.25, -0.2) is 0 Å². The Morgan fingerprint density at radius 1 is 1.00 bits per heavy atom. The third-order valence-electron chi connectivity index (χ3n) is 6.43. The number of benzene rings is 3. The molecule has 0 amide bonds. The molecule has 3 aromatic carbocycles. The lowest BCUT2D eigenvalue weighted by Gasteiger charge is -2.29. The summed E-state index contributed by atoms with van der Waals surface area (Å²) in [6.45, 7) is 2.23. The number of ketones is 1. The molecule has 5 rings (SSSR count). The van der Waals surface area contributed by atoms with Crippen molar-refractivity contribution in [3.63, 3.8) is 0 Å². The third-order valence-corrected chi connectivity index (χ3v) is 6.43. The molecule has 1 aromatic heterocycles. The van der Waals surface area contributed by atoms with Crippen LogP contribution >= 0.6 is 0 Å². The zero-order valence-corrected chi connectivity index (χ0v) is 21.8. The van der Waals surface area contributed by atoms with E-state index in [2.05, 4.69) is 21.3 Å². The molecule has 1 fully saturated rings. The number of Topliss-reactive ketones (excluding diaryl/α,β-unsaturated/α-hetero) is 1. The minimum Gasteiger partial charge on any atom is -0.493 e. The molecular formula is C30H28N4O5. The second-order valence-corrected chi connectivity index (χ2v) is 9.04. The van der Waals surface area contributed by atoms with Crippen molar-refractivity contribution in [1.29, 1.82) is 5.26 Å². The Balaban J connectivity index is 1.37. The van der Waals surface area contributed by atoms with E-state index in [1.807, 2.05) is 48.5 Å². The quantitative estimate of drug-likeness (QED) is 0.279. The highest BCUT2D eigenvalue weighted by molar-refractivity contribution is 5.97. The van der Waals surface area contributed by atoms with Crippen LogP contribution in [0.15, 0.2) is 66.9 Å². The van der Waals surface area contributed by atoms with Crippen LogP contribution < -0.4 is 24.3 Å². The minimum absolute atomic E-state index is 0.00475. The zero-order valence-electron chi connectivity index (χ0n) is 21.8. The fourth-order valence-electron chi connectivity index (χ4n) is 4.27. The van der Waals surface area contributed by atoms with Crippen molar-refractivity contribution >= 4 is 28.1 Å². The van der Waals surface area contributed by atoms with E-state index >= 15 is 0 Å². The number of nitrogens with zero attached hydrogens (tertiary/aromatic N) is 3. The van der Waals surface area contributed by atoms with E-state index in [-0.39, 0.29) is 12.4 Å². The maximum absolute atomic E-state index is 12.3. The van der Waals surface area contributed by atoms with Gasteiger partial charge in [-0.3, -0.25) is 14.7 Å². The molecule has 1 N–H and O–H groups in total. The van der Waals surface area contributed by atoms with Crippen LogP contribution in [0.2, 0.25) is 0 Å². The molecule has 0 radical (unpaired) electrons. The van der Waals surface area contributed by atoms with Gasteiger partial charge in [-0.2, -0.15) is 5.26 Å². The van der Waals surface area contributed by atoms with Crippen LogP contribution in [-0.4, -0.2) is 56.1 Å². The van der Waals surface area contributed by atoms with E-state index in [9.17, 15) is 10.1 Å². The van der Waals surface area contributed by atoms with Crippen LogP contribution in [-0.2, 0) is 4.79 Å². The van der Waals surface area contributed by atoms with E-state index in [1.165, 1.54) is 13.3 Å².